The van der Waals surface area contributed by atoms with Gasteiger partial charge in [0, 0.05) is 12.1 Å². The number of carbonyl (C=O) groups is 1. The van der Waals surface area contributed by atoms with Gasteiger partial charge in [0.1, 0.15) is 0 Å². The molecular weight excluding hydrogens is 358 g/mol. The zero-order valence-corrected chi connectivity index (χ0v) is 16.0. The fourth-order valence-electron chi connectivity index (χ4n) is 2.42. The Morgan fingerprint density at radius 1 is 1.00 bits per heavy atom. The number of rotatable bonds is 8. The van der Waals surface area contributed by atoms with Gasteiger partial charge in [-0.2, -0.15) is 0 Å². The monoisotopic (exact) mass is 379 g/mol. The molecule has 2 aromatic carbocycles. The van der Waals surface area contributed by atoms with E-state index in [-0.39, 0.29) is 5.91 Å². The molecule has 6 nitrogen and oxygen atoms in total. The topological polar surface area (TPSA) is 66.0 Å². The zero-order chi connectivity index (χ0) is 19.1. The minimum absolute atomic E-state index is 0.328. The molecule has 1 amide bonds. The summed E-state index contributed by atoms with van der Waals surface area (Å²) in [5.74, 6) is 1.46. The number of hydrogen-bond acceptors (Lipinski definition) is 5. The highest BCUT2D eigenvalue weighted by Gasteiger charge is 2.19. The van der Waals surface area contributed by atoms with Crippen LogP contribution in [0.25, 0.3) is 0 Å². The number of para-hydroxylation sites is 1. The first-order valence-electron chi connectivity index (χ1n) is 8.17. The number of halogens is 1. The van der Waals surface area contributed by atoms with Gasteiger partial charge in [-0.15, -0.1) is 0 Å². The molecule has 0 atom stereocenters. The Balaban J connectivity index is 2.36. The summed E-state index contributed by atoms with van der Waals surface area (Å²) in [6.45, 7) is 4.67. The van der Waals surface area contributed by atoms with Crippen molar-refractivity contribution < 1.29 is 23.7 Å². The third kappa shape index (κ3) is 4.32. The average molecular weight is 380 g/mol. The van der Waals surface area contributed by atoms with Gasteiger partial charge < -0.3 is 24.3 Å². The molecule has 26 heavy (non-hydrogen) atoms. The summed E-state index contributed by atoms with van der Waals surface area (Å²) in [7, 11) is 2.99. The predicted octanol–water partition coefficient (Wildman–Crippen LogP) is 4.41. The van der Waals surface area contributed by atoms with Crippen LogP contribution in [0.5, 0.6) is 23.0 Å². The van der Waals surface area contributed by atoms with E-state index >= 15 is 0 Å². The van der Waals surface area contributed by atoms with E-state index in [0.29, 0.717) is 52.5 Å². The molecule has 0 bridgehead atoms. The second-order valence-corrected chi connectivity index (χ2v) is 5.55. The number of nitrogens with one attached hydrogen (secondary N) is 1. The Hall–Kier alpha value is -2.60. The molecule has 0 saturated heterocycles. The van der Waals surface area contributed by atoms with E-state index in [1.807, 2.05) is 13.8 Å². The lowest BCUT2D eigenvalue weighted by atomic mass is 10.1. The third-order valence-electron chi connectivity index (χ3n) is 3.53. The Morgan fingerprint density at radius 3 is 2.23 bits per heavy atom. The van der Waals surface area contributed by atoms with Gasteiger partial charge in [-0.25, -0.2) is 0 Å². The van der Waals surface area contributed by atoms with Gasteiger partial charge in [-0.3, -0.25) is 4.79 Å². The Bertz CT molecular complexity index is 779. The lowest BCUT2D eigenvalue weighted by molar-refractivity contribution is 0.102. The first-order chi connectivity index (χ1) is 12.5. The smallest absolute Gasteiger partial charge is 0.259 e. The molecule has 0 spiro atoms. The molecule has 2 rings (SSSR count). The molecule has 7 heteroatoms. The summed E-state index contributed by atoms with van der Waals surface area (Å²) in [4.78, 5) is 12.7. The molecule has 0 radical (unpaired) electrons. The van der Waals surface area contributed by atoms with Crippen LogP contribution in [0.2, 0.25) is 5.02 Å². The van der Waals surface area contributed by atoms with Crippen LogP contribution in [0, 0.1) is 0 Å². The molecule has 1 N–H and O–H groups in total. The van der Waals surface area contributed by atoms with Crippen molar-refractivity contribution in [2.45, 2.75) is 13.8 Å². The van der Waals surface area contributed by atoms with Crippen LogP contribution in [0.4, 0.5) is 5.69 Å². The SMILES string of the molecule is CCOc1cc(Cl)c(NC(=O)c2cccc(OC)c2OC)cc1OCC. The number of hydrogen-bond donors (Lipinski definition) is 1. The summed E-state index contributed by atoms with van der Waals surface area (Å²) in [6, 6.07) is 8.33. The highest BCUT2D eigenvalue weighted by molar-refractivity contribution is 6.34. The van der Waals surface area contributed by atoms with E-state index in [0.717, 1.165) is 0 Å². The lowest BCUT2D eigenvalue weighted by Gasteiger charge is -2.16. The predicted molar refractivity (Wildman–Crippen MR) is 101 cm³/mol. The molecule has 0 aliphatic heterocycles. The Kier molecular flexibility index (Phi) is 6.97. The first kappa shape index (κ1) is 19.7. The number of benzene rings is 2. The van der Waals surface area contributed by atoms with Crippen LogP contribution in [-0.4, -0.2) is 33.3 Å². The van der Waals surface area contributed by atoms with E-state index in [2.05, 4.69) is 5.32 Å². The van der Waals surface area contributed by atoms with Gasteiger partial charge in [0.25, 0.3) is 5.91 Å². The van der Waals surface area contributed by atoms with Crippen molar-refractivity contribution in [1.29, 1.82) is 0 Å². The lowest BCUT2D eigenvalue weighted by Crippen LogP contribution is -2.14. The van der Waals surface area contributed by atoms with Crippen molar-refractivity contribution in [1.82, 2.24) is 0 Å². The van der Waals surface area contributed by atoms with Crippen LogP contribution >= 0.6 is 11.6 Å². The highest BCUT2D eigenvalue weighted by Crippen LogP contribution is 2.37. The van der Waals surface area contributed by atoms with Crippen molar-refractivity contribution in [3.63, 3.8) is 0 Å². The molecular formula is C19H22ClNO5. The van der Waals surface area contributed by atoms with Gasteiger partial charge in [0.2, 0.25) is 0 Å². The third-order valence-corrected chi connectivity index (χ3v) is 3.84. The second kappa shape index (κ2) is 9.20. The maximum absolute atomic E-state index is 12.7. The van der Waals surface area contributed by atoms with Crippen molar-refractivity contribution >= 4 is 23.2 Å². The molecule has 0 fully saturated rings. The molecule has 0 aliphatic rings. The number of anilines is 1. The quantitative estimate of drug-likeness (QED) is 0.736. The number of methoxy groups -OCH3 is 2. The van der Waals surface area contributed by atoms with Gasteiger partial charge in [-0.1, -0.05) is 17.7 Å². The van der Waals surface area contributed by atoms with Crippen molar-refractivity contribution in [3.8, 4) is 23.0 Å². The normalized spacial score (nSPS) is 10.2. The molecule has 140 valence electrons. The maximum atomic E-state index is 12.7. The molecule has 0 heterocycles. The second-order valence-electron chi connectivity index (χ2n) is 5.14. The van der Waals surface area contributed by atoms with Gasteiger partial charge >= 0.3 is 0 Å². The summed E-state index contributed by atoms with van der Waals surface area (Å²) in [5.41, 5.74) is 0.739. The van der Waals surface area contributed by atoms with Crippen molar-refractivity contribution in [2.24, 2.45) is 0 Å². The fourth-order valence-corrected chi connectivity index (χ4v) is 2.62. The van der Waals surface area contributed by atoms with Gasteiger partial charge in [0.15, 0.2) is 23.0 Å². The van der Waals surface area contributed by atoms with Crippen LogP contribution in [0.15, 0.2) is 30.3 Å². The van der Waals surface area contributed by atoms with E-state index in [1.165, 1.54) is 14.2 Å². The average Bonchev–Trinajstić information content (AvgIpc) is 2.64. The largest absolute Gasteiger partial charge is 0.493 e. The van der Waals surface area contributed by atoms with Gasteiger partial charge in [-0.05, 0) is 26.0 Å². The highest BCUT2D eigenvalue weighted by atomic mass is 35.5. The van der Waals surface area contributed by atoms with Crippen LogP contribution < -0.4 is 24.3 Å². The summed E-state index contributed by atoms with van der Waals surface area (Å²) < 4.78 is 21.6. The Labute approximate surface area is 158 Å². The Morgan fingerprint density at radius 2 is 1.65 bits per heavy atom. The van der Waals surface area contributed by atoms with Crippen molar-refractivity contribution in [2.75, 3.05) is 32.8 Å². The van der Waals surface area contributed by atoms with Crippen LogP contribution in [-0.2, 0) is 0 Å². The van der Waals surface area contributed by atoms with Crippen LogP contribution in [0.1, 0.15) is 24.2 Å². The van der Waals surface area contributed by atoms with E-state index < -0.39 is 0 Å². The molecule has 0 saturated carbocycles. The number of carbonyl (C=O) groups excluding carboxylic acids is 1. The first-order valence-corrected chi connectivity index (χ1v) is 8.54. The number of ether oxygens (including phenoxy) is 4. The fraction of sp³-hybridized carbons (Fsp3) is 0.316. The molecule has 2 aromatic rings. The molecule has 0 unspecified atom stereocenters. The summed E-state index contributed by atoms with van der Waals surface area (Å²) in [5, 5.41) is 3.12. The molecule has 0 aromatic heterocycles. The van der Waals surface area contributed by atoms with Crippen molar-refractivity contribution in [3.05, 3.63) is 40.9 Å². The zero-order valence-electron chi connectivity index (χ0n) is 15.2. The minimum Gasteiger partial charge on any atom is -0.493 e. The minimum atomic E-state index is -0.380. The maximum Gasteiger partial charge on any atom is 0.259 e. The van der Waals surface area contributed by atoms with E-state index in [1.54, 1.807) is 30.3 Å². The number of amides is 1. The van der Waals surface area contributed by atoms with E-state index in [4.69, 9.17) is 30.5 Å². The molecule has 0 aliphatic carbocycles. The van der Waals surface area contributed by atoms with Gasteiger partial charge in [0.05, 0.1) is 43.7 Å². The summed E-state index contributed by atoms with van der Waals surface area (Å²) >= 11 is 6.29. The van der Waals surface area contributed by atoms with E-state index in [9.17, 15) is 4.79 Å². The summed E-state index contributed by atoms with van der Waals surface area (Å²) in [6.07, 6.45) is 0. The standard InChI is InChI=1S/C19H22ClNO5/c1-5-25-16-10-13(20)14(11-17(16)26-6-2)21-19(22)12-8-7-9-15(23-3)18(12)24-4/h7-11H,5-6H2,1-4H3,(H,21,22). The van der Waals surface area contributed by atoms with Crippen LogP contribution in [0.3, 0.4) is 0 Å².